The van der Waals surface area contributed by atoms with Gasteiger partial charge < -0.3 is 20.5 Å². The minimum absolute atomic E-state index is 0.139. The molecule has 2 heterocycles. The molecule has 1 fully saturated rings. The molecule has 4 rings (SSSR count). The first-order chi connectivity index (χ1) is 14.5. The van der Waals surface area contributed by atoms with Gasteiger partial charge in [-0.2, -0.15) is 0 Å². The number of fused-ring (bicyclic) bond motifs is 1. The molecule has 1 aliphatic rings. The van der Waals surface area contributed by atoms with Crippen molar-refractivity contribution < 1.29 is 14.0 Å². The molecule has 156 valence electrons. The van der Waals surface area contributed by atoms with E-state index in [1.165, 1.54) is 6.07 Å². The van der Waals surface area contributed by atoms with Crippen molar-refractivity contribution >= 4 is 28.5 Å². The van der Waals surface area contributed by atoms with Crippen LogP contribution in [0.15, 0.2) is 48.5 Å². The van der Waals surface area contributed by atoms with E-state index in [2.05, 4.69) is 15.6 Å². The number of rotatable bonds is 4. The number of urea groups is 1. The number of hydrogen-bond acceptors (Lipinski definition) is 2. The summed E-state index contributed by atoms with van der Waals surface area (Å²) < 4.78 is 13.9. The van der Waals surface area contributed by atoms with Crippen molar-refractivity contribution in [2.45, 2.75) is 19.8 Å². The standard InChI is InChI=1S/C23H25FN4O2/c1-15-7-9-17(10-8-15)26-23(30)25-13-16-4-3-11-28(14-16)22(29)21-12-18-19(24)5-2-6-20(18)27-21/h2,5-10,12,16,27H,3-4,11,13-14H2,1H3,(H2,25,26,30). The average molecular weight is 408 g/mol. The number of aryl methyl sites for hydroxylation is 1. The van der Waals surface area contributed by atoms with E-state index in [1.54, 1.807) is 23.1 Å². The van der Waals surface area contributed by atoms with E-state index < -0.39 is 0 Å². The number of H-pyrrole nitrogens is 1. The van der Waals surface area contributed by atoms with E-state index >= 15 is 0 Å². The highest BCUT2D eigenvalue weighted by molar-refractivity contribution is 5.98. The molecule has 0 radical (unpaired) electrons. The number of nitrogens with zero attached hydrogens (tertiary/aromatic N) is 1. The van der Waals surface area contributed by atoms with Gasteiger partial charge in [-0.1, -0.05) is 23.8 Å². The maximum Gasteiger partial charge on any atom is 0.319 e. The van der Waals surface area contributed by atoms with E-state index in [0.29, 0.717) is 36.2 Å². The van der Waals surface area contributed by atoms with Gasteiger partial charge in [0, 0.05) is 36.2 Å². The molecule has 1 atom stereocenters. The summed E-state index contributed by atoms with van der Waals surface area (Å²) in [7, 11) is 0. The molecule has 3 aromatic rings. The number of hydrogen-bond donors (Lipinski definition) is 3. The third-order valence-corrected chi connectivity index (χ3v) is 5.51. The first-order valence-electron chi connectivity index (χ1n) is 10.2. The van der Waals surface area contributed by atoms with Gasteiger partial charge in [0.1, 0.15) is 11.5 Å². The Kier molecular flexibility index (Phi) is 5.70. The Labute approximate surface area is 174 Å². The molecule has 0 aliphatic carbocycles. The van der Waals surface area contributed by atoms with Crippen LogP contribution < -0.4 is 10.6 Å². The Balaban J connectivity index is 1.33. The third kappa shape index (κ3) is 4.45. The Morgan fingerprint density at radius 1 is 1.20 bits per heavy atom. The maximum absolute atomic E-state index is 13.9. The number of amides is 3. The Hall–Kier alpha value is -3.35. The topological polar surface area (TPSA) is 77.2 Å². The predicted octanol–water partition coefficient (Wildman–Crippen LogP) is 4.29. The van der Waals surface area contributed by atoms with E-state index in [9.17, 15) is 14.0 Å². The van der Waals surface area contributed by atoms with E-state index in [-0.39, 0.29) is 23.7 Å². The summed E-state index contributed by atoms with van der Waals surface area (Å²) in [5.74, 6) is -0.310. The molecule has 3 amide bonds. The number of likely N-dealkylation sites (tertiary alicyclic amines) is 1. The van der Waals surface area contributed by atoms with E-state index in [4.69, 9.17) is 0 Å². The fraction of sp³-hybridized carbons (Fsp3) is 0.304. The third-order valence-electron chi connectivity index (χ3n) is 5.51. The van der Waals surface area contributed by atoms with Crippen molar-refractivity contribution in [2.24, 2.45) is 5.92 Å². The van der Waals surface area contributed by atoms with Crippen LogP contribution in [-0.2, 0) is 0 Å². The van der Waals surface area contributed by atoms with Crippen LogP contribution in [0.25, 0.3) is 10.9 Å². The molecule has 1 aliphatic heterocycles. The van der Waals surface area contributed by atoms with Crippen LogP contribution in [-0.4, -0.2) is 41.5 Å². The van der Waals surface area contributed by atoms with Crippen LogP contribution in [0.3, 0.4) is 0 Å². The Bertz CT molecular complexity index is 1060. The average Bonchev–Trinajstić information content (AvgIpc) is 3.19. The lowest BCUT2D eigenvalue weighted by Gasteiger charge is -2.32. The summed E-state index contributed by atoms with van der Waals surface area (Å²) in [6.45, 7) is 3.69. The minimum Gasteiger partial charge on any atom is -0.350 e. The molecule has 3 N–H and O–H groups in total. The fourth-order valence-electron chi connectivity index (χ4n) is 3.87. The van der Waals surface area contributed by atoms with Crippen LogP contribution >= 0.6 is 0 Å². The van der Waals surface area contributed by atoms with Crippen molar-refractivity contribution in [1.29, 1.82) is 0 Å². The molecule has 0 saturated carbocycles. The number of piperidine rings is 1. The zero-order chi connectivity index (χ0) is 21.1. The lowest BCUT2D eigenvalue weighted by molar-refractivity contribution is 0.0670. The van der Waals surface area contributed by atoms with Gasteiger partial charge in [0.2, 0.25) is 0 Å². The van der Waals surface area contributed by atoms with E-state index in [1.807, 2.05) is 31.2 Å². The fourth-order valence-corrected chi connectivity index (χ4v) is 3.87. The number of aromatic amines is 1. The second-order valence-corrected chi connectivity index (χ2v) is 7.84. The van der Waals surface area contributed by atoms with Crippen molar-refractivity contribution in [2.75, 3.05) is 25.0 Å². The molecule has 1 aromatic heterocycles. The number of carbonyl (C=O) groups excluding carboxylic acids is 2. The van der Waals surface area contributed by atoms with Gasteiger partial charge in [-0.25, -0.2) is 9.18 Å². The first kappa shape index (κ1) is 19.9. The van der Waals surface area contributed by atoms with Gasteiger partial charge in [0.05, 0.1) is 0 Å². The highest BCUT2D eigenvalue weighted by Crippen LogP contribution is 2.22. The molecule has 0 spiro atoms. The minimum atomic E-state index is -0.344. The molecule has 0 bridgehead atoms. The van der Waals surface area contributed by atoms with Crippen LogP contribution in [0, 0.1) is 18.7 Å². The zero-order valence-electron chi connectivity index (χ0n) is 16.9. The molecule has 7 heteroatoms. The normalized spacial score (nSPS) is 16.5. The molecule has 1 saturated heterocycles. The molecular weight excluding hydrogens is 383 g/mol. The van der Waals surface area contributed by atoms with Crippen molar-refractivity contribution in [3.05, 3.63) is 65.6 Å². The number of benzene rings is 2. The molecule has 6 nitrogen and oxygen atoms in total. The highest BCUT2D eigenvalue weighted by atomic mass is 19.1. The number of nitrogens with one attached hydrogen (secondary N) is 3. The molecule has 1 unspecified atom stereocenters. The van der Waals surface area contributed by atoms with Gasteiger partial charge in [-0.05, 0) is 56.0 Å². The summed E-state index contributed by atoms with van der Waals surface area (Å²) in [5, 5.41) is 6.14. The summed E-state index contributed by atoms with van der Waals surface area (Å²) in [5.41, 5.74) is 2.87. The smallest absolute Gasteiger partial charge is 0.319 e. The zero-order valence-corrected chi connectivity index (χ0v) is 16.9. The monoisotopic (exact) mass is 408 g/mol. The lowest BCUT2D eigenvalue weighted by Crippen LogP contribution is -2.44. The Morgan fingerprint density at radius 3 is 2.77 bits per heavy atom. The van der Waals surface area contributed by atoms with Crippen LogP contribution in [0.5, 0.6) is 0 Å². The number of carbonyl (C=O) groups is 2. The van der Waals surface area contributed by atoms with Crippen LogP contribution in [0.1, 0.15) is 28.9 Å². The van der Waals surface area contributed by atoms with Crippen molar-refractivity contribution in [3.63, 3.8) is 0 Å². The lowest BCUT2D eigenvalue weighted by atomic mass is 9.98. The second kappa shape index (κ2) is 8.57. The first-order valence-corrected chi connectivity index (χ1v) is 10.2. The number of aromatic nitrogens is 1. The second-order valence-electron chi connectivity index (χ2n) is 7.84. The quantitative estimate of drug-likeness (QED) is 0.602. The van der Waals surface area contributed by atoms with E-state index in [0.717, 1.165) is 24.1 Å². The van der Waals surface area contributed by atoms with Crippen molar-refractivity contribution in [3.8, 4) is 0 Å². The highest BCUT2D eigenvalue weighted by Gasteiger charge is 2.26. The van der Waals surface area contributed by atoms with Gasteiger partial charge in [-0.3, -0.25) is 4.79 Å². The van der Waals surface area contributed by atoms with Gasteiger partial charge >= 0.3 is 6.03 Å². The SMILES string of the molecule is Cc1ccc(NC(=O)NCC2CCCN(C(=O)c3cc4c(F)cccc4[nH]3)C2)cc1. The van der Waals surface area contributed by atoms with Gasteiger partial charge in [0.25, 0.3) is 5.91 Å². The molecule has 30 heavy (non-hydrogen) atoms. The molecular formula is C23H25FN4O2. The summed E-state index contributed by atoms with van der Waals surface area (Å²) >= 11 is 0. The summed E-state index contributed by atoms with van der Waals surface area (Å²) in [6.07, 6.45) is 1.81. The largest absolute Gasteiger partial charge is 0.350 e. The van der Waals surface area contributed by atoms with Crippen LogP contribution in [0.2, 0.25) is 0 Å². The predicted molar refractivity (Wildman–Crippen MR) is 115 cm³/mol. The number of halogens is 1. The van der Waals surface area contributed by atoms with Crippen molar-refractivity contribution in [1.82, 2.24) is 15.2 Å². The molecule has 2 aromatic carbocycles. The van der Waals surface area contributed by atoms with Gasteiger partial charge in [0.15, 0.2) is 0 Å². The summed E-state index contributed by atoms with van der Waals surface area (Å²) in [4.78, 5) is 29.9. The summed E-state index contributed by atoms with van der Waals surface area (Å²) in [6, 6.07) is 13.7. The van der Waals surface area contributed by atoms with Crippen LogP contribution in [0.4, 0.5) is 14.9 Å². The Morgan fingerprint density at radius 2 is 2.00 bits per heavy atom. The number of anilines is 1. The van der Waals surface area contributed by atoms with Gasteiger partial charge in [-0.15, -0.1) is 0 Å². The maximum atomic E-state index is 13.9.